The molecular weight excluding hydrogens is 153 g/mol. The van der Waals surface area contributed by atoms with E-state index in [1.807, 2.05) is 0 Å². The summed E-state index contributed by atoms with van der Waals surface area (Å²) in [6.45, 7) is 5.77. The topological polar surface area (TPSA) is 9.23 Å². The summed E-state index contributed by atoms with van der Waals surface area (Å²) in [6.07, 6.45) is 2.31. The van der Waals surface area contributed by atoms with Crippen molar-refractivity contribution >= 4 is 0 Å². The van der Waals surface area contributed by atoms with Gasteiger partial charge in [0.25, 0.3) is 0 Å². The Bertz CT molecular complexity index is 50.5. The second kappa shape index (κ2) is 4.46. The molecule has 1 heterocycles. The van der Waals surface area contributed by atoms with Crippen LogP contribution in [0.15, 0.2) is 0 Å². The minimum atomic E-state index is 0. The van der Waals surface area contributed by atoms with Crippen molar-refractivity contribution in [1.29, 1.82) is 0 Å². The predicted molar refractivity (Wildman–Crippen MR) is 28.9 cm³/mol. The van der Waals surface area contributed by atoms with Crippen molar-refractivity contribution in [2.24, 2.45) is 5.92 Å². The summed E-state index contributed by atoms with van der Waals surface area (Å²) >= 11 is 0. The smallest absolute Gasteiger partial charge is 0.382 e. The van der Waals surface area contributed by atoms with Gasteiger partial charge in [-0.1, -0.05) is 12.8 Å². The van der Waals surface area contributed by atoms with Crippen molar-refractivity contribution in [2.45, 2.75) is 12.8 Å². The number of ether oxygens (including phenoxy) is 1. The fourth-order valence-corrected chi connectivity index (χ4v) is 0.746. The Hall–Kier alpha value is 0.583. The van der Waals surface area contributed by atoms with Gasteiger partial charge in [0, 0.05) is 13.2 Å². The minimum absolute atomic E-state index is 0. The molecule has 0 aromatic rings. The standard InChI is InChI=1S/C6H11O.Zn/c1-6-2-4-7-5-3-6;/h6H,1-5H2;/q-1;+2. The number of hydrogen-bond acceptors (Lipinski definition) is 1. The van der Waals surface area contributed by atoms with Gasteiger partial charge in [0.15, 0.2) is 0 Å². The molecule has 0 N–H and O–H groups in total. The first-order chi connectivity index (χ1) is 3.39. The molecule has 0 saturated carbocycles. The van der Waals surface area contributed by atoms with E-state index in [0.29, 0.717) is 5.92 Å². The summed E-state index contributed by atoms with van der Waals surface area (Å²) < 4.78 is 5.10. The third kappa shape index (κ3) is 2.79. The predicted octanol–water partition coefficient (Wildman–Crippen LogP) is 1.24. The van der Waals surface area contributed by atoms with Crippen LogP contribution in [0.2, 0.25) is 0 Å². The second-order valence-corrected chi connectivity index (χ2v) is 2.06. The monoisotopic (exact) mass is 163 g/mol. The average Bonchev–Trinajstić information content (AvgIpc) is 1.69. The van der Waals surface area contributed by atoms with Crippen LogP contribution in [0.3, 0.4) is 0 Å². The second-order valence-electron chi connectivity index (χ2n) is 2.06. The van der Waals surface area contributed by atoms with Gasteiger partial charge in [-0.25, -0.2) is 0 Å². The Morgan fingerprint density at radius 2 is 1.75 bits per heavy atom. The van der Waals surface area contributed by atoms with Crippen LogP contribution in [0.25, 0.3) is 0 Å². The summed E-state index contributed by atoms with van der Waals surface area (Å²) in [4.78, 5) is 0. The molecule has 0 aromatic carbocycles. The van der Waals surface area contributed by atoms with E-state index < -0.39 is 0 Å². The molecule has 1 rings (SSSR count). The van der Waals surface area contributed by atoms with Gasteiger partial charge in [-0.15, -0.1) is 0 Å². The van der Waals surface area contributed by atoms with E-state index in [9.17, 15) is 0 Å². The Morgan fingerprint density at radius 3 is 2.00 bits per heavy atom. The largest absolute Gasteiger partial charge is 2.00 e. The molecule has 0 bridgehead atoms. The molecule has 8 heavy (non-hydrogen) atoms. The van der Waals surface area contributed by atoms with Gasteiger partial charge in [0.1, 0.15) is 0 Å². The van der Waals surface area contributed by atoms with Crippen molar-refractivity contribution in [3.8, 4) is 0 Å². The zero-order valence-corrected chi connectivity index (χ0v) is 8.20. The molecule has 0 aliphatic carbocycles. The first kappa shape index (κ1) is 8.58. The zero-order valence-electron chi connectivity index (χ0n) is 5.23. The molecule has 1 aliphatic heterocycles. The third-order valence-corrected chi connectivity index (χ3v) is 1.34. The SMILES string of the molecule is [CH2-]C1CCOCC1.[Zn+2]. The first-order valence-electron chi connectivity index (χ1n) is 2.80. The fourth-order valence-electron chi connectivity index (χ4n) is 0.746. The van der Waals surface area contributed by atoms with Gasteiger partial charge in [-0.2, -0.15) is 5.92 Å². The first-order valence-corrected chi connectivity index (χ1v) is 2.80. The molecule has 1 fully saturated rings. The summed E-state index contributed by atoms with van der Waals surface area (Å²) in [5.74, 6) is 0.661. The van der Waals surface area contributed by atoms with Crippen molar-refractivity contribution in [1.82, 2.24) is 0 Å². The maximum atomic E-state index is 5.10. The molecule has 1 nitrogen and oxygen atoms in total. The van der Waals surface area contributed by atoms with E-state index in [-0.39, 0.29) is 19.5 Å². The van der Waals surface area contributed by atoms with Gasteiger partial charge in [-0.3, -0.25) is 0 Å². The molecule has 42 valence electrons. The molecule has 0 radical (unpaired) electrons. The van der Waals surface area contributed by atoms with Crippen LogP contribution in [0.1, 0.15) is 12.8 Å². The van der Waals surface area contributed by atoms with Crippen molar-refractivity contribution in [3.63, 3.8) is 0 Å². The molecule has 2 heteroatoms. The zero-order chi connectivity index (χ0) is 5.11. The molecule has 0 aromatic heterocycles. The Balaban J connectivity index is 0.000000490. The van der Waals surface area contributed by atoms with E-state index in [2.05, 4.69) is 6.92 Å². The average molecular weight is 165 g/mol. The normalized spacial score (nSPS) is 22.1. The Kier molecular flexibility index (Phi) is 4.79. The Labute approximate surface area is 63.6 Å². The van der Waals surface area contributed by atoms with Gasteiger partial charge in [-0.05, 0) is 0 Å². The van der Waals surface area contributed by atoms with Crippen LogP contribution < -0.4 is 0 Å². The fraction of sp³-hybridized carbons (Fsp3) is 0.833. The van der Waals surface area contributed by atoms with E-state index in [1.165, 1.54) is 0 Å². The molecule has 0 atom stereocenters. The van der Waals surface area contributed by atoms with Crippen LogP contribution in [-0.2, 0) is 24.2 Å². The van der Waals surface area contributed by atoms with Crippen LogP contribution in [0, 0.1) is 12.8 Å². The maximum absolute atomic E-state index is 5.10. The number of rotatable bonds is 0. The van der Waals surface area contributed by atoms with Crippen molar-refractivity contribution < 1.29 is 24.2 Å². The molecule has 0 amide bonds. The minimum Gasteiger partial charge on any atom is -0.382 e. The van der Waals surface area contributed by atoms with Crippen LogP contribution >= 0.6 is 0 Å². The third-order valence-electron chi connectivity index (χ3n) is 1.34. The van der Waals surface area contributed by atoms with E-state index in [4.69, 9.17) is 4.74 Å². The van der Waals surface area contributed by atoms with Gasteiger partial charge in [0.05, 0.1) is 0 Å². The summed E-state index contributed by atoms with van der Waals surface area (Å²) in [5, 5.41) is 0. The van der Waals surface area contributed by atoms with Crippen LogP contribution in [0.4, 0.5) is 0 Å². The van der Waals surface area contributed by atoms with Crippen LogP contribution in [0.5, 0.6) is 0 Å². The van der Waals surface area contributed by atoms with Gasteiger partial charge < -0.3 is 11.7 Å². The van der Waals surface area contributed by atoms with Crippen molar-refractivity contribution in [3.05, 3.63) is 6.92 Å². The van der Waals surface area contributed by atoms with Crippen LogP contribution in [-0.4, -0.2) is 13.2 Å². The van der Waals surface area contributed by atoms with Gasteiger partial charge >= 0.3 is 19.5 Å². The molecule has 0 spiro atoms. The number of hydrogen-bond donors (Lipinski definition) is 0. The molecule has 1 saturated heterocycles. The molecule has 1 aliphatic rings. The van der Waals surface area contributed by atoms with E-state index in [0.717, 1.165) is 26.1 Å². The summed E-state index contributed by atoms with van der Waals surface area (Å²) in [7, 11) is 0. The quantitative estimate of drug-likeness (QED) is 0.387. The van der Waals surface area contributed by atoms with E-state index in [1.54, 1.807) is 0 Å². The van der Waals surface area contributed by atoms with Crippen molar-refractivity contribution in [2.75, 3.05) is 13.2 Å². The maximum Gasteiger partial charge on any atom is 2.00 e. The van der Waals surface area contributed by atoms with Gasteiger partial charge in [0.2, 0.25) is 0 Å². The molecular formula is C6H11OZn+. The summed E-state index contributed by atoms with van der Waals surface area (Å²) in [6, 6.07) is 0. The summed E-state index contributed by atoms with van der Waals surface area (Å²) in [5.41, 5.74) is 0. The Morgan fingerprint density at radius 1 is 1.25 bits per heavy atom. The van der Waals surface area contributed by atoms with E-state index >= 15 is 0 Å². The molecule has 0 unspecified atom stereocenters.